The van der Waals surface area contributed by atoms with Crippen LogP contribution >= 0.6 is 11.3 Å². The molecule has 7 heteroatoms. The van der Waals surface area contributed by atoms with E-state index < -0.39 is 0 Å². The molecule has 3 aromatic rings. The van der Waals surface area contributed by atoms with E-state index in [0.717, 1.165) is 36.5 Å². The molecule has 0 spiro atoms. The lowest BCUT2D eigenvalue weighted by atomic mass is 10.1. The third kappa shape index (κ3) is 4.31. The van der Waals surface area contributed by atoms with Gasteiger partial charge in [-0.05, 0) is 43.0 Å². The van der Waals surface area contributed by atoms with Crippen LogP contribution in [-0.2, 0) is 17.9 Å². The molecule has 1 aliphatic rings. The number of pyridine rings is 1. The van der Waals surface area contributed by atoms with Gasteiger partial charge in [-0.15, -0.1) is 11.3 Å². The van der Waals surface area contributed by atoms with Gasteiger partial charge in [0.05, 0.1) is 29.8 Å². The molecule has 0 bridgehead atoms. The van der Waals surface area contributed by atoms with Gasteiger partial charge in [-0.1, -0.05) is 17.3 Å². The van der Waals surface area contributed by atoms with Crippen LogP contribution in [0.5, 0.6) is 0 Å². The van der Waals surface area contributed by atoms with Crippen molar-refractivity contribution in [3.8, 4) is 10.7 Å². The molecule has 0 N–H and O–H groups in total. The standard InChI is InChI=1S/C18H20N4O2S/c1-2-8-19-14(5-1)13-23-15-6-3-9-22(11-15)12-17-20-18(21-24-17)16-7-4-10-25-16/h1-2,4-5,7-8,10,15H,3,6,9,11-13H2/t15-/m1/s1. The highest BCUT2D eigenvalue weighted by molar-refractivity contribution is 7.13. The Morgan fingerprint density at radius 3 is 3.12 bits per heavy atom. The number of nitrogens with zero attached hydrogens (tertiary/aromatic N) is 4. The van der Waals surface area contributed by atoms with Crippen molar-refractivity contribution in [3.05, 3.63) is 53.5 Å². The summed E-state index contributed by atoms with van der Waals surface area (Å²) in [4.78, 5) is 12.2. The molecule has 25 heavy (non-hydrogen) atoms. The molecule has 1 aliphatic heterocycles. The summed E-state index contributed by atoms with van der Waals surface area (Å²) >= 11 is 1.62. The molecule has 0 aromatic carbocycles. The second kappa shape index (κ2) is 7.86. The third-order valence-corrected chi connectivity index (χ3v) is 5.09. The van der Waals surface area contributed by atoms with Crippen molar-refractivity contribution in [2.45, 2.75) is 32.1 Å². The predicted octanol–water partition coefficient (Wildman–Crippen LogP) is 3.37. The van der Waals surface area contributed by atoms with Gasteiger partial charge in [0.25, 0.3) is 0 Å². The fraction of sp³-hybridized carbons (Fsp3) is 0.389. The van der Waals surface area contributed by atoms with Crippen LogP contribution < -0.4 is 0 Å². The minimum atomic E-state index is 0.218. The van der Waals surface area contributed by atoms with E-state index in [-0.39, 0.29) is 6.10 Å². The van der Waals surface area contributed by atoms with E-state index in [1.807, 2.05) is 35.7 Å². The van der Waals surface area contributed by atoms with Crippen LogP contribution in [0.4, 0.5) is 0 Å². The summed E-state index contributed by atoms with van der Waals surface area (Å²) in [6, 6.07) is 9.89. The molecule has 1 fully saturated rings. The summed E-state index contributed by atoms with van der Waals surface area (Å²) in [5, 5.41) is 6.09. The van der Waals surface area contributed by atoms with Crippen LogP contribution in [0.15, 0.2) is 46.4 Å². The largest absolute Gasteiger partial charge is 0.371 e. The van der Waals surface area contributed by atoms with Crippen LogP contribution in [0.3, 0.4) is 0 Å². The number of hydrogen-bond acceptors (Lipinski definition) is 7. The summed E-state index contributed by atoms with van der Waals surface area (Å²) in [5.74, 6) is 1.33. The van der Waals surface area contributed by atoms with E-state index in [0.29, 0.717) is 24.9 Å². The van der Waals surface area contributed by atoms with Gasteiger partial charge >= 0.3 is 0 Å². The summed E-state index contributed by atoms with van der Waals surface area (Å²) in [6.45, 7) is 3.13. The summed E-state index contributed by atoms with van der Waals surface area (Å²) in [5.41, 5.74) is 0.970. The highest BCUT2D eigenvalue weighted by Crippen LogP contribution is 2.22. The molecule has 4 heterocycles. The van der Waals surface area contributed by atoms with Crippen molar-refractivity contribution < 1.29 is 9.26 Å². The first-order chi connectivity index (χ1) is 12.4. The number of piperidine rings is 1. The lowest BCUT2D eigenvalue weighted by molar-refractivity contribution is -0.0153. The summed E-state index contributed by atoms with van der Waals surface area (Å²) < 4.78 is 11.4. The number of thiophene rings is 1. The highest BCUT2D eigenvalue weighted by Gasteiger charge is 2.22. The summed E-state index contributed by atoms with van der Waals surface area (Å²) in [7, 11) is 0. The summed E-state index contributed by atoms with van der Waals surface area (Å²) in [6.07, 6.45) is 4.20. The topological polar surface area (TPSA) is 64.3 Å². The lowest BCUT2D eigenvalue weighted by Crippen LogP contribution is -2.39. The Labute approximate surface area is 150 Å². The van der Waals surface area contributed by atoms with E-state index in [9.17, 15) is 0 Å². The van der Waals surface area contributed by atoms with Crippen LogP contribution in [0.1, 0.15) is 24.4 Å². The average molecular weight is 356 g/mol. The second-order valence-electron chi connectivity index (χ2n) is 6.12. The van der Waals surface area contributed by atoms with E-state index in [4.69, 9.17) is 9.26 Å². The van der Waals surface area contributed by atoms with Gasteiger partial charge in [-0.3, -0.25) is 9.88 Å². The van der Waals surface area contributed by atoms with Crippen LogP contribution in [-0.4, -0.2) is 39.2 Å². The van der Waals surface area contributed by atoms with E-state index >= 15 is 0 Å². The molecule has 6 nitrogen and oxygen atoms in total. The van der Waals surface area contributed by atoms with Crippen molar-refractivity contribution >= 4 is 11.3 Å². The smallest absolute Gasteiger partial charge is 0.241 e. The van der Waals surface area contributed by atoms with Crippen molar-refractivity contribution in [3.63, 3.8) is 0 Å². The molecule has 3 aromatic heterocycles. The van der Waals surface area contributed by atoms with Crippen LogP contribution in [0.2, 0.25) is 0 Å². The Morgan fingerprint density at radius 2 is 2.28 bits per heavy atom. The van der Waals surface area contributed by atoms with E-state index in [1.54, 1.807) is 17.5 Å². The third-order valence-electron chi connectivity index (χ3n) is 4.22. The molecule has 0 aliphatic carbocycles. The molecule has 130 valence electrons. The molecule has 1 atom stereocenters. The second-order valence-corrected chi connectivity index (χ2v) is 7.07. The van der Waals surface area contributed by atoms with Gasteiger partial charge in [0.1, 0.15) is 0 Å². The first-order valence-corrected chi connectivity index (χ1v) is 9.35. The molecular formula is C18H20N4O2S. The normalized spacial score (nSPS) is 18.5. The maximum absolute atomic E-state index is 6.03. The number of rotatable bonds is 6. The first-order valence-electron chi connectivity index (χ1n) is 8.47. The fourth-order valence-electron chi connectivity index (χ4n) is 3.00. The molecule has 0 saturated carbocycles. The van der Waals surface area contributed by atoms with Gasteiger partial charge in [-0.25, -0.2) is 0 Å². The molecule has 1 saturated heterocycles. The van der Waals surface area contributed by atoms with Crippen LogP contribution in [0, 0.1) is 0 Å². The Morgan fingerprint density at radius 1 is 1.28 bits per heavy atom. The quantitative estimate of drug-likeness (QED) is 0.675. The zero-order chi connectivity index (χ0) is 16.9. The highest BCUT2D eigenvalue weighted by atomic mass is 32.1. The van der Waals surface area contributed by atoms with E-state index in [2.05, 4.69) is 20.0 Å². The number of aromatic nitrogens is 3. The Balaban J connectivity index is 1.31. The van der Waals surface area contributed by atoms with Gasteiger partial charge in [0.2, 0.25) is 11.7 Å². The zero-order valence-corrected chi connectivity index (χ0v) is 14.7. The first kappa shape index (κ1) is 16.4. The number of hydrogen-bond donors (Lipinski definition) is 0. The SMILES string of the molecule is c1ccc(CO[C@@H]2CCCN(Cc3nc(-c4cccs4)no3)C2)nc1. The van der Waals surface area contributed by atoms with Gasteiger partial charge in [-0.2, -0.15) is 4.98 Å². The molecule has 0 amide bonds. The van der Waals surface area contributed by atoms with Gasteiger partial charge < -0.3 is 9.26 Å². The Kier molecular flexibility index (Phi) is 5.15. The number of likely N-dealkylation sites (tertiary alicyclic amines) is 1. The molecule has 4 rings (SSSR count). The van der Waals surface area contributed by atoms with Crippen molar-refractivity contribution in [2.75, 3.05) is 13.1 Å². The number of ether oxygens (including phenoxy) is 1. The monoisotopic (exact) mass is 356 g/mol. The van der Waals surface area contributed by atoms with Crippen molar-refractivity contribution in [1.29, 1.82) is 0 Å². The maximum atomic E-state index is 6.03. The van der Waals surface area contributed by atoms with Crippen LogP contribution in [0.25, 0.3) is 10.7 Å². The van der Waals surface area contributed by atoms with Gasteiger partial charge in [0.15, 0.2) is 0 Å². The molecular weight excluding hydrogens is 336 g/mol. The molecule has 0 unspecified atom stereocenters. The van der Waals surface area contributed by atoms with E-state index in [1.165, 1.54) is 0 Å². The van der Waals surface area contributed by atoms with Crippen molar-refractivity contribution in [1.82, 2.24) is 20.0 Å². The zero-order valence-electron chi connectivity index (χ0n) is 13.9. The maximum Gasteiger partial charge on any atom is 0.241 e. The minimum Gasteiger partial charge on any atom is -0.371 e. The van der Waals surface area contributed by atoms with Crippen molar-refractivity contribution in [2.24, 2.45) is 0 Å². The predicted molar refractivity (Wildman–Crippen MR) is 94.9 cm³/mol. The Hall–Kier alpha value is -2.09. The molecule has 0 radical (unpaired) electrons. The Bertz CT molecular complexity index is 775. The average Bonchev–Trinajstić information content (AvgIpc) is 3.33. The van der Waals surface area contributed by atoms with Gasteiger partial charge in [0, 0.05) is 12.7 Å². The fourth-order valence-corrected chi connectivity index (χ4v) is 3.64. The minimum absolute atomic E-state index is 0.218. The lowest BCUT2D eigenvalue weighted by Gasteiger charge is -2.31.